The lowest BCUT2D eigenvalue weighted by molar-refractivity contribution is -0.385. The van der Waals surface area contributed by atoms with E-state index in [-0.39, 0.29) is 11.4 Å². The fourth-order valence-electron chi connectivity index (χ4n) is 2.52. The highest BCUT2D eigenvalue weighted by molar-refractivity contribution is 5.71. The maximum absolute atomic E-state index is 10.8. The van der Waals surface area contributed by atoms with Crippen molar-refractivity contribution >= 4 is 22.7 Å². The maximum Gasteiger partial charge on any atom is 0.269 e. The first-order chi connectivity index (χ1) is 10.1. The molecule has 1 heterocycles. The molecule has 2 aromatic rings. The lowest BCUT2D eigenvalue weighted by Crippen LogP contribution is -2.12. The van der Waals surface area contributed by atoms with Crippen LogP contribution in [0.4, 0.5) is 22.7 Å². The number of hydrogen-bond acceptors (Lipinski definition) is 5. The topological polar surface area (TPSA) is 89.5 Å². The summed E-state index contributed by atoms with van der Waals surface area (Å²) in [7, 11) is 0. The number of rotatable bonds is 3. The van der Waals surface area contributed by atoms with Gasteiger partial charge in [-0.2, -0.15) is 0 Å². The lowest BCUT2D eigenvalue weighted by Gasteiger charge is -2.19. The fourth-order valence-corrected chi connectivity index (χ4v) is 2.52. The van der Waals surface area contributed by atoms with Gasteiger partial charge in [0, 0.05) is 42.2 Å². The van der Waals surface area contributed by atoms with Gasteiger partial charge in [-0.05, 0) is 30.2 Å². The third-order valence-electron chi connectivity index (χ3n) is 3.54. The van der Waals surface area contributed by atoms with E-state index in [1.165, 1.54) is 18.2 Å². The minimum atomic E-state index is -0.439. The molecule has 1 aliphatic heterocycles. The average Bonchev–Trinajstić information content (AvgIpc) is 2.90. The van der Waals surface area contributed by atoms with E-state index in [4.69, 9.17) is 0 Å². The third kappa shape index (κ3) is 2.29. The highest BCUT2D eigenvalue weighted by atomic mass is 16.6. The third-order valence-corrected chi connectivity index (χ3v) is 3.54. The Morgan fingerprint density at radius 3 is 2.14 bits per heavy atom. The molecule has 21 heavy (non-hydrogen) atoms. The summed E-state index contributed by atoms with van der Waals surface area (Å²) in [6.45, 7) is 0.703. The van der Waals surface area contributed by atoms with Crippen molar-refractivity contribution in [3.05, 3.63) is 68.3 Å². The van der Waals surface area contributed by atoms with Crippen molar-refractivity contribution in [2.24, 2.45) is 0 Å². The Morgan fingerprint density at radius 2 is 1.52 bits per heavy atom. The molecule has 0 saturated heterocycles. The number of fused-ring (bicyclic) bond motifs is 1. The predicted octanol–water partition coefficient (Wildman–Crippen LogP) is 3.20. The van der Waals surface area contributed by atoms with Crippen LogP contribution in [0.5, 0.6) is 0 Å². The van der Waals surface area contributed by atoms with Crippen LogP contribution in [0, 0.1) is 20.2 Å². The van der Waals surface area contributed by atoms with Crippen molar-refractivity contribution in [2.75, 3.05) is 11.4 Å². The number of nitrogens with zero attached hydrogens (tertiary/aromatic N) is 3. The SMILES string of the molecule is O=[N+]([O-])c1ccc(N2CCc3cc([N+](=O)[O-])ccc32)cc1. The van der Waals surface area contributed by atoms with Crippen LogP contribution in [0.3, 0.4) is 0 Å². The van der Waals surface area contributed by atoms with Crippen molar-refractivity contribution in [3.63, 3.8) is 0 Å². The Balaban J connectivity index is 1.93. The first kappa shape index (κ1) is 13.0. The summed E-state index contributed by atoms with van der Waals surface area (Å²) in [5, 5.41) is 21.4. The zero-order chi connectivity index (χ0) is 15.0. The monoisotopic (exact) mass is 285 g/mol. The van der Waals surface area contributed by atoms with Gasteiger partial charge in [0.2, 0.25) is 0 Å². The van der Waals surface area contributed by atoms with Crippen LogP contribution in [-0.4, -0.2) is 16.4 Å². The molecule has 1 aliphatic rings. The van der Waals surface area contributed by atoms with Crippen LogP contribution in [0.15, 0.2) is 42.5 Å². The molecule has 2 aromatic carbocycles. The van der Waals surface area contributed by atoms with E-state index in [1.54, 1.807) is 24.3 Å². The molecule has 0 spiro atoms. The Hall–Kier alpha value is -2.96. The van der Waals surface area contributed by atoms with Crippen molar-refractivity contribution < 1.29 is 9.85 Å². The number of hydrogen-bond donors (Lipinski definition) is 0. The molecular formula is C14H11N3O4. The fraction of sp³-hybridized carbons (Fsp3) is 0.143. The largest absolute Gasteiger partial charge is 0.341 e. The van der Waals surface area contributed by atoms with Crippen LogP contribution < -0.4 is 4.90 Å². The Bertz CT molecular complexity index is 727. The molecule has 0 N–H and O–H groups in total. The highest BCUT2D eigenvalue weighted by Gasteiger charge is 2.23. The minimum absolute atomic E-state index is 0.0434. The van der Waals surface area contributed by atoms with Crippen molar-refractivity contribution in [3.8, 4) is 0 Å². The maximum atomic E-state index is 10.8. The summed E-state index contributed by atoms with van der Waals surface area (Å²) in [5.74, 6) is 0. The van der Waals surface area contributed by atoms with Gasteiger partial charge in [0.05, 0.1) is 9.85 Å². The second-order valence-electron chi connectivity index (χ2n) is 4.75. The normalized spacial score (nSPS) is 13.0. The molecule has 0 atom stereocenters. The smallest absolute Gasteiger partial charge is 0.269 e. The van der Waals surface area contributed by atoms with Gasteiger partial charge >= 0.3 is 0 Å². The molecule has 7 heteroatoms. The van der Waals surface area contributed by atoms with Gasteiger partial charge in [-0.1, -0.05) is 0 Å². The second kappa shape index (κ2) is 4.86. The van der Waals surface area contributed by atoms with E-state index in [9.17, 15) is 20.2 Å². The molecule has 7 nitrogen and oxygen atoms in total. The summed E-state index contributed by atoms with van der Waals surface area (Å²) >= 11 is 0. The van der Waals surface area contributed by atoms with Gasteiger partial charge in [-0.15, -0.1) is 0 Å². The van der Waals surface area contributed by atoms with Crippen molar-refractivity contribution in [1.29, 1.82) is 0 Å². The van der Waals surface area contributed by atoms with Gasteiger partial charge in [0.15, 0.2) is 0 Å². The zero-order valence-electron chi connectivity index (χ0n) is 10.9. The van der Waals surface area contributed by atoms with Gasteiger partial charge in [0.1, 0.15) is 0 Å². The summed E-state index contributed by atoms with van der Waals surface area (Å²) in [6, 6.07) is 11.1. The second-order valence-corrected chi connectivity index (χ2v) is 4.75. The molecule has 0 amide bonds. The van der Waals surface area contributed by atoms with Gasteiger partial charge in [-0.3, -0.25) is 20.2 Å². The Morgan fingerprint density at radius 1 is 0.905 bits per heavy atom. The number of anilines is 2. The molecule has 0 aromatic heterocycles. The molecule has 0 unspecified atom stereocenters. The summed E-state index contributed by atoms with van der Waals surface area (Å²) in [6.07, 6.45) is 0.716. The average molecular weight is 285 g/mol. The Labute approximate surface area is 119 Å². The first-order valence-corrected chi connectivity index (χ1v) is 6.35. The molecule has 3 rings (SSSR count). The zero-order valence-corrected chi connectivity index (χ0v) is 10.9. The van der Waals surface area contributed by atoms with Gasteiger partial charge in [0.25, 0.3) is 11.4 Å². The van der Waals surface area contributed by atoms with Crippen molar-refractivity contribution in [1.82, 2.24) is 0 Å². The van der Waals surface area contributed by atoms with Crippen molar-refractivity contribution in [2.45, 2.75) is 6.42 Å². The van der Waals surface area contributed by atoms with Gasteiger partial charge in [-0.25, -0.2) is 0 Å². The van der Waals surface area contributed by atoms with E-state index in [1.807, 2.05) is 4.90 Å². The van der Waals surface area contributed by atoms with E-state index >= 15 is 0 Å². The number of nitro benzene ring substituents is 2. The molecule has 0 aliphatic carbocycles. The van der Waals surface area contributed by atoms with E-state index in [2.05, 4.69) is 0 Å². The van der Waals surface area contributed by atoms with Crippen LogP contribution >= 0.6 is 0 Å². The first-order valence-electron chi connectivity index (χ1n) is 6.35. The lowest BCUT2D eigenvalue weighted by atomic mass is 10.1. The summed E-state index contributed by atoms with van der Waals surface area (Å²) in [5.41, 5.74) is 2.80. The number of nitro groups is 2. The van der Waals surface area contributed by atoms with Crippen LogP contribution in [0.25, 0.3) is 0 Å². The predicted molar refractivity (Wildman–Crippen MR) is 76.9 cm³/mol. The molecule has 0 radical (unpaired) electrons. The van der Waals surface area contributed by atoms with Crippen LogP contribution in [0.2, 0.25) is 0 Å². The summed E-state index contributed by atoms with van der Waals surface area (Å²) in [4.78, 5) is 22.6. The molecule has 0 fully saturated rings. The van der Waals surface area contributed by atoms with E-state index < -0.39 is 9.85 Å². The minimum Gasteiger partial charge on any atom is -0.341 e. The number of benzene rings is 2. The standard InChI is InChI=1S/C14H11N3O4/c18-16(19)12-3-1-11(2-4-12)15-8-7-10-9-13(17(20)21)5-6-14(10)15/h1-6,9H,7-8H2. The van der Waals surface area contributed by atoms with E-state index in [0.717, 1.165) is 16.9 Å². The molecule has 0 bridgehead atoms. The quantitative estimate of drug-likeness (QED) is 0.638. The van der Waals surface area contributed by atoms with E-state index in [0.29, 0.717) is 13.0 Å². The van der Waals surface area contributed by atoms with Crippen LogP contribution in [-0.2, 0) is 6.42 Å². The highest BCUT2D eigenvalue weighted by Crippen LogP contribution is 2.36. The Kier molecular flexibility index (Phi) is 3.02. The van der Waals surface area contributed by atoms with Gasteiger partial charge < -0.3 is 4.90 Å². The molecular weight excluding hydrogens is 274 g/mol. The molecule has 106 valence electrons. The van der Waals surface area contributed by atoms with Crippen LogP contribution in [0.1, 0.15) is 5.56 Å². The number of non-ortho nitro benzene ring substituents is 2. The molecule has 0 saturated carbocycles. The summed E-state index contributed by atoms with van der Waals surface area (Å²) < 4.78 is 0.